The monoisotopic (exact) mass is 265 g/mol. The molecule has 1 saturated heterocycles. The summed E-state index contributed by atoms with van der Waals surface area (Å²) in [5, 5.41) is 22.6. The van der Waals surface area contributed by atoms with E-state index in [4.69, 9.17) is 5.26 Å². The molecular weight excluding hydrogens is 238 g/mol. The second-order valence-corrected chi connectivity index (χ2v) is 6.23. The van der Waals surface area contributed by atoms with Crippen molar-refractivity contribution < 1.29 is 5.11 Å². The van der Waals surface area contributed by atoms with Crippen LogP contribution < -0.4 is 5.32 Å². The summed E-state index contributed by atoms with van der Waals surface area (Å²) < 4.78 is 0. The summed E-state index contributed by atoms with van der Waals surface area (Å²) >= 11 is 0. The molecule has 2 rings (SSSR count). The molecule has 3 unspecified atom stereocenters. The highest BCUT2D eigenvalue weighted by molar-refractivity contribution is 4.90. The van der Waals surface area contributed by atoms with Crippen molar-refractivity contribution in [2.24, 2.45) is 11.8 Å². The third kappa shape index (κ3) is 4.17. The third-order valence-corrected chi connectivity index (χ3v) is 4.74. The van der Waals surface area contributed by atoms with Crippen molar-refractivity contribution in [2.75, 3.05) is 26.2 Å². The maximum atomic E-state index is 10.1. The van der Waals surface area contributed by atoms with Crippen molar-refractivity contribution in [3.05, 3.63) is 0 Å². The van der Waals surface area contributed by atoms with Crippen LogP contribution in [0.25, 0.3) is 0 Å². The summed E-state index contributed by atoms with van der Waals surface area (Å²) in [6.07, 6.45) is 5.74. The minimum absolute atomic E-state index is 0.227. The Morgan fingerprint density at radius 2 is 2.21 bits per heavy atom. The third-order valence-electron chi connectivity index (χ3n) is 4.74. The second-order valence-electron chi connectivity index (χ2n) is 6.23. The number of piperidine rings is 1. The van der Waals surface area contributed by atoms with Gasteiger partial charge in [0.15, 0.2) is 0 Å². The molecule has 1 aliphatic carbocycles. The van der Waals surface area contributed by atoms with Gasteiger partial charge >= 0.3 is 0 Å². The second kappa shape index (κ2) is 7.23. The molecule has 1 saturated carbocycles. The molecule has 4 nitrogen and oxygen atoms in total. The van der Waals surface area contributed by atoms with Crippen LogP contribution in [0, 0.1) is 23.2 Å². The Morgan fingerprint density at radius 3 is 2.79 bits per heavy atom. The van der Waals surface area contributed by atoms with Gasteiger partial charge in [-0.2, -0.15) is 5.26 Å². The molecule has 1 heterocycles. The molecule has 0 radical (unpaired) electrons. The summed E-state index contributed by atoms with van der Waals surface area (Å²) in [6.45, 7) is 5.44. The number of rotatable bonds is 6. The summed E-state index contributed by atoms with van der Waals surface area (Å²) in [4.78, 5) is 2.19. The van der Waals surface area contributed by atoms with E-state index in [0.717, 1.165) is 38.4 Å². The average Bonchev–Trinajstić information content (AvgIpc) is 2.36. The molecule has 0 spiro atoms. The Kier molecular flexibility index (Phi) is 5.62. The maximum absolute atomic E-state index is 10.1. The van der Waals surface area contributed by atoms with E-state index < -0.39 is 0 Å². The Labute approximate surface area is 116 Å². The number of nitriles is 1. The highest BCUT2D eigenvalue weighted by Crippen LogP contribution is 2.26. The highest BCUT2D eigenvalue weighted by Gasteiger charge is 2.31. The fourth-order valence-corrected chi connectivity index (χ4v) is 3.25. The van der Waals surface area contributed by atoms with Crippen LogP contribution in [0.15, 0.2) is 0 Å². The predicted molar refractivity (Wildman–Crippen MR) is 75.6 cm³/mol. The van der Waals surface area contributed by atoms with E-state index >= 15 is 0 Å². The molecule has 0 aromatic rings. The normalized spacial score (nSPS) is 30.6. The molecule has 0 aromatic carbocycles. The van der Waals surface area contributed by atoms with Gasteiger partial charge in [-0.3, -0.25) is 4.90 Å². The van der Waals surface area contributed by atoms with Crippen molar-refractivity contribution in [3.63, 3.8) is 0 Å². The number of nitrogens with zero attached hydrogens (tertiary/aromatic N) is 2. The first kappa shape index (κ1) is 14.8. The molecule has 2 N–H and O–H groups in total. The zero-order chi connectivity index (χ0) is 13.7. The molecule has 1 aliphatic heterocycles. The van der Waals surface area contributed by atoms with E-state index in [-0.39, 0.29) is 6.10 Å². The molecule has 2 aliphatic rings. The van der Waals surface area contributed by atoms with Crippen molar-refractivity contribution in [1.82, 2.24) is 10.2 Å². The van der Waals surface area contributed by atoms with Gasteiger partial charge in [0.05, 0.1) is 18.7 Å². The van der Waals surface area contributed by atoms with Crippen LogP contribution in [0.3, 0.4) is 0 Å². The van der Waals surface area contributed by atoms with Crippen molar-refractivity contribution in [2.45, 2.75) is 51.2 Å². The van der Waals surface area contributed by atoms with Crippen molar-refractivity contribution in [1.29, 1.82) is 5.26 Å². The first-order chi connectivity index (χ1) is 9.22. The van der Waals surface area contributed by atoms with Gasteiger partial charge in [0, 0.05) is 19.1 Å². The lowest BCUT2D eigenvalue weighted by atomic mass is 9.84. The number of likely N-dealkylation sites (tertiary alicyclic amines) is 1. The first-order valence-corrected chi connectivity index (χ1v) is 7.73. The molecule has 2 fully saturated rings. The number of aliphatic hydroxyl groups is 1. The lowest BCUT2D eigenvalue weighted by Gasteiger charge is -2.40. The maximum Gasteiger partial charge on any atom is 0.0866 e. The van der Waals surface area contributed by atoms with Crippen LogP contribution in [0.1, 0.15) is 39.0 Å². The zero-order valence-electron chi connectivity index (χ0n) is 12.0. The SMILES string of the molecule is CCC(O)C1CC(NCC2CCC2)CN(CC#N)C1. The van der Waals surface area contributed by atoms with Crippen LogP contribution in [-0.2, 0) is 0 Å². The summed E-state index contributed by atoms with van der Waals surface area (Å²) in [7, 11) is 0. The minimum atomic E-state index is -0.227. The van der Waals surface area contributed by atoms with Crippen LogP contribution in [0.2, 0.25) is 0 Å². The number of hydrogen-bond acceptors (Lipinski definition) is 4. The smallest absolute Gasteiger partial charge is 0.0866 e. The molecule has 19 heavy (non-hydrogen) atoms. The summed E-state index contributed by atoms with van der Waals surface area (Å²) in [6, 6.07) is 2.68. The van der Waals surface area contributed by atoms with Crippen LogP contribution >= 0.6 is 0 Å². The van der Waals surface area contributed by atoms with Crippen LogP contribution in [0.5, 0.6) is 0 Å². The fraction of sp³-hybridized carbons (Fsp3) is 0.933. The van der Waals surface area contributed by atoms with Gasteiger partial charge in [0.25, 0.3) is 0 Å². The van der Waals surface area contributed by atoms with Crippen molar-refractivity contribution >= 4 is 0 Å². The molecule has 108 valence electrons. The molecule has 0 amide bonds. The molecule has 0 bridgehead atoms. The Balaban J connectivity index is 1.83. The topological polar surface area (TPSA) is 59.3 Å². The Bertz CT molecular complexity index is 311. The van der Waals surface area contributed by atoms with Gasteiger partial charge in [-0.25, -0.2) is 0 Å². The standard InChI is InChI=1S/C15H27N3O/c1-2-15(19)13-8-14(11-18(10-13)7-6-16)17-9-12-4-3-5-12/h12-15,17,19H,2-5,7-11H2,1H3. The highest BCUT2D eigenvalue weighted by atomic mass is 16.3. The van der Waals surface area contributed by atoms with Crippen LogP contribution in [0.4, 0.5) is 0 Å². The van der Waals surface area contributed by atoms with E-state index in [1.807, 2.05) is 6.92 Å². The van der Waals surface area contributed by atoms with Gasteiger partial charge in [0.2, 0.25) is 0 Å². The van der Waals surface area contributed by atoms with Gasteiger partial charge in [0.1, 0.15) is 0 Å². The summed E-state index contributed by atoms with van der Waals surface area (Å²) in [5.41, 5.74) is 0. The predicted octanol–water partition coefficient (Wildman–Crippen LogP) is 1.36. The molecule has 0 aromatic heterocycles. The molecule has 4 heteroatoms. The van der Waals surface area contributed by atoms with Crippen molar-refractivity contribution in [3.8, 4) is 6.07 Å². The summed E-state index contributed by atoms with van der Waals surface area (Å²) in [5.74, 6) is 1.17. The van der Waals surface area contributed by atoms with E-state index in [2.05, 4.69) is 16.3 Å². The number of aliphatic hydroxyl groups excluding tert-OH is 1. The zero-order valence-corrected chi connectivity index (χ0v) is 12.0. The van der Waals surface area contributed by atoms with Gasteiger partial charge in [-0.15, -0.1) is 0 Å². The molecular formula is C15H27N3O. The van der Waals surface area contributed by atoms with E-state index in [9.17, 15) is 5.11 Å². The van der Waals surface area contributed by atoms with E-state index in [1.54, 1.807) is 0 Å². The first-order valence-electron chi connectivity index (χ1n) is 7.73. The Hall–Kier alpha value is -0.630. The number of nitrogens with one attached hydrogen (secondary N) is 1. The Morgan fingerprint density at radius 1 is 1.42 bits per heavy atom. The molecule has 3 atom stereocenters. The fourth-order valence-electron chi connectivity index (χ4n) is 3.25. The van der Waals surface area contributed by atoms with E-state index in [0.29, 0.717) is 18.5 Å². The number of hydrogen-bond donors (Lipinski definition) is 2. The largest absolute Gasteiger partial charge is 0.393 e. The van der Waals surface area contributed by atoms with Gasteiger partial charge in [-0.1, -0.05) is 13.3 Å². The average molecular weight is 265 g/mol. The van der Waals surface area contributed by atoms with Crippen LogP contribution in [-0.4, -0.2) is 48.3 Å². The van der Waals surface area contributed by atoms with Gasteiger partial charge < -0.3 is 10.4 Å². The van der Waals surface area contributed by atoms with E-state index in [1.165, 1.54) is 19.3 Å². The lowest BCUT2D eigenvalue weighted by molar-refractivity contribution is 0.0389. The lowest BCUT2D eigenvalue weighted by Crippen LogP contribution is -2.52. The minimum Gasteiger partial charge on any atom is -0.393 e. The quantitative estimate of drug-likeness (QED) is 0.712. The van der Waals surface area contributed by atoms with Gasteiger partial charge in [-0.05, 0) is 44.1 Å².